The number of imide groups is 1. The van der Waals surface area contributed by atoms with Crippen LogP contribution in [0.2, 0.25) is 0 Å². The zero-order valence-corrected chi connectivity index (χ0v) is 28.5. The van der Waals surface area contributed by atoms with Crippen molar-refractivity contribution in [2.45, 2.75) is 18.8 Å². The number of ether oxygens (including phenoxy) is 3. The maximum atomic E-state index is 14.3. The van der Waals surface area contributed by atoms with E-state index < -0.39 is 23.7 Å². The highest BCUT2D eigenvalue weighted by Gasteiger charge is 2.57. The molecule has 0 aromatic heterocycles. The number of rotatable bonds is 7. The number of carbonyl (C=O) groups is 4. The highest BCUT2D eigenvalue weighted by Crippen LogP contribution is 2.57. The Morgan fingerprint density at radius 1 is 0.857 bits per heavy atom. The summed E-state index contributed by atoms with van der Waals surface area (Å²) >= 11 is 3.25. The maximum absolute atomic E-state index is 14.3. The van der Waals surface area contributed by atoms with Gasteiger partial charge in [0.25, 0.3) is 0 Å². The first-order valence-corrected chi connectivity index (χ1v) is 16.6. The summed E-state index contributed by atoms with van der Waals surface area (Å²) in [6, 6.07) is 17.7. The van der Waals surface area contributed by atoms with Crippen LogP contribution in [0.4, 0.5) is 5.69 Å². The van der Waals surface area contributed by atoms with E-state index in [2.05, 4.69) is 15.9 Å². The number of nitrogens with zero attached hydrogens (tertiary/aromatic N) is 1. The van der Waals surface area contributed by atoms with Gasteiger partial charge in [-0.25, -0.2) is 0 Å². The number of anilines is 1. The normalized spacial score (nSPS) is 23.2. The lowest BCUT2D eigenvalue weighted by atomic mass is 9.59. The summed E-state index contributed by atoms with van der Waals surface area (Å²) in [6.07, 6.45) is 7.39. The lowest BCUT2D eigenvalue weighted by molar-refractivity contribution is -0.123. The number of phenolic OH excluding ortho intramolecular Hbond substituents is 1. The number of Topliss-reactive ketones (excluding diaryl/α,β-unsaturated/α-hetero) is 1. The SMILES string of the molecule is COc1ccc(OC)c(C=Cc2ccc(N3C(=O)[C@H]4[C@H](CC=C5[C@H](c6cccc(OC)c6O)C6=C(C[C@H]54)C(=O)C(Br)=CC6=O)C3=O)cc2)c1. The van der Waals surface area contributed by atoms with Gasteiger partial charge in [0, 0.05) is 34.3 Å². The summed E-state index contributed by atoms with van der Waals surface area (Å²) in [6.45, 7) is 0. The van der Waals surface area contributed by atoms with E-state index in [0.717, 1.165) is 16.7 Å². The molecule has 0 unspecified atom stereocenters. The average Bonchev–Trinajstić information content (AvgIpc) is 3.38. The van der Waals surface area contributed by atoms with Crippen LogP contribution in [-0.4, -0.2) is 49.8 Å². The molecule has 3 aromatic carbocycles. The molecule has 0 bridgehead atoms. The van der Waals surface area contributed by atoms with Crippen molar-refractivity contribution in [2.75, 3.05) is 26.2 Å². The Kier molecular flexibility index (Phi) is 8.36. The molecule has 1 N–H and O–H groups in total. The number of ketones is 2. The minimum absolute atomic E-state index is 0.126. The molecule has 4 atom stereocenters. The Labute approximate surface area is 291 Å². The number of benzene rings is 3. The standard InChI is InChI=1S/C39H32BrNO8/c1-47-23-13-16-31(48-2)21(17-23)10-7-20-8-11-22(12-9-20)41-38(45)26-15-14-24-27(34(26)39(41)46)18-28-35(30(42)19-29(40)36(28)43)33(24)25-5-4-6-32(49-3)37(25)44/h4-14,16-17,19,26-27,33-34,44H,15,18H2,1-3H3/t26-,27+,33+,34-/m0/s1. The molecule has 0 saturated carbocycles. The maximum Gasteiger partial charge on any atom is 0.238 e. The first kappa shape index (κ1) is 32.3. The van der Waals surface area contributed by atoms with Gasteiger partial charge < -0.3 is 19.3 Å². The third kappa shape index (κ3) is 5.31. The fraction of sp³-hybridized carbons (Fsp3) is 0.231. The number of amides is 2. The van der Waals surface area contributed by atoms with Crippen LogP contribution in [0.1, 0.15) is 35.4 Å². The molecule has 1 fully saturated rings. The first-order valence-electron chi connectivity index (χ1n) is 15.8. The summed E-state index contributed by atoms with van der Waals surface area (Å²) in [4.78, 5) is 56.5. The summed E-state index contributed by atoms with van der Waals surface area (Å²) in [5.74, 6) is -2.57. The number of hydrogen-bond donors (Lipinski definition) is 1. The molecular formula is C39H32BrNO8. The molecule has 10 heteroatoms. The van der Waals surface area contributed by atoms with Gasteiger partial charge in [-0.2, -0.15) is 0 Å². The van der Waals surface area contributed by atoms with Gasteiger partial charge in [0.15, 0.2) is 23.1 Å². The van der Waals surface area contributed by atoms with E-state index in [4.69, 9.17) is 14.2 Å². The van der Waals surface area contributed by atoms with Crippen LogP contribution >= 0.6 is 15.9 Å². The molecule has 9 nitrogen and oxygen atoms in total. The van der Waals surface area contributed by atoms with Crippen molar-refractivity contribution in [2.24, 2.45) is 17.8 Å². The van der Waals surface area contributed by atoms with Crippen molar-refractivity contribution in [3.05, 3.63) is 111 Å². The van der Waals surface area contributed by atoms with E-state index in [1.165, 1.54) is 18.1 Å². The summed E-state index contributed by atoms with van der Waals surface area (Å²) in [7, 11) is 4.63. The van der Waals surface area contributed by atoms with Gasteiger partial charge in [0.2, 0.25) is 11.8 Å². The number of hydrogen-bond acceptors (Lipinski definition) is 8. The molecule has 7 rings (SSSR count). The lowest BCUT2D eigenvalue weighted by Crippen LogP contribution is -2.39. The van der Waals surface area contributed by atoms with Crippen molar-refractivity contribution in [3.8, 4) is 23.0 Å². The average molecular weight is 723 g/mol. The fourth-order valence-electron chi connectivity index (χ4n) is 7.64. The van der Waals surface area contributed by atoms with Crippen LogP contribution in [-0.2, 0) is 19.2 Å². The van der Waals surface area contributed by atoms with Crippen molar-refractivity contribution in [3.63, 3.8) is 0 Å². The predicted molar refractivity (Wildman–Crippen MR) is 187 cm³/mol. The number of methoxy groups -OCH3 is 3. The van der Waals surface area contributed by atoms with Gasteiger partial charge in [0.1, 0.15) is 11.5 Å². The highest BCUT2D eigenvalue weighted by atomic mass is 79.9. The lowest BCUT2D eigenvalue weighted by Gasteiger charge is -2.42. The van der Waals surface area contributed by atoms with Gasteiger partial charge in [-0.05, 0) is 76.7 Å². The second kappa shape index (κ2) is 12.7. The zero-order chi connectivity index (χ0) is 34.6. The van der Waals surface area contributed by atoms with E-state index in [0.29, 0.717) is 22.7 Å². The predicted octanol–water partition coefficient (Wildman–Crippen LogP) is 6.56. The molecule has 4 aliphatic rings. The Morgan fingerprint density at radius 2 is 1.61 bits per heavy atom. The third-order valence-electron chi connectivity index (χ3n) is 9.94. The van der Waals surface area contributed by atoms with Crippen LogP contribution in [0.25, 0.3) is 12.2 Å². The number of halogens is 1. The van der Waals surface area contributed by atoms with E-state index >= 15 is 0 Å². The van der Waals surface area contributed by atoms with Crippen molar-refractivity contribution >= 4 is 57.2 Å². The Balaban J connectivity index is 1.22. The molecule has 248 valence electrons. The Bertz CT molecular complexity index is 2060. The number of carbonyl (C=O) groups excluding carboxylic acids is 4. The fourth-order valence-corrected chi connectivity index (χ4v) is 8.09. The van der Waals surface area contributed by atoms with E-state index in [9.17, 15) is 24.3 Å². The van der Waals surface area contributed by atoms with Crippen LogP contribution in [0.15, 0.2) is 94.0 Å². The van der Waals surface area contributed by atoms with Crippen LogP contribution in [0, 0.1) is 17.8 Å². The number of allylic oxidation sites excluding steroid dienone is 6. The summed E-state index contributed by atoms with van der Waals surface area (Å²) < 4.78 is 16.3. The van der Waals surface area contributed by atoms with Gasteiger partial charge >= 0.3 is 0 Å². The van der Waals surface area contributed by atoms with Crippen molar-refractivity contribution in [1.29, 1.82) is 0 Å². The molecule has 2 amide bonds. The van der Waals surface area contributed by atoms with Gasteiger partial charge in [-0.1, -0.05) is 48.1 Å². The zero-order valence-electron chi connectivity index (χ0n) is 26.9. The number of fused-ring (bicyclic) bond motifs is 3. The largest absolute Gasteiger partial charge is 0.504 e. The molecule has 1 aliphatic heterocycles. The third-order valence-corrected chi connectivity index (χ3v) is 10.5. The molecule has 0 radical (unpaired) electrons. The molecule has 1 heterocycles. The number of aromatic hydroxyl groups is 1. The van der Waals surface area contributed by atoms with Crippen molar-refractivity contribution < 1.29 is 38.5 Å². The highest BCUT2D eigenvalue weighted by molar-refractivity contribution is 9.12. The molecule has 3 aromatic rings. The second-order valence-corrected chi connectivity index (χ2v) is 13.2. The van der Waals surface area contributed by atoms with E-state index in [1.54, 1.807) is 44.6 Å². The van der Waals surface area contributed by atoms with Crippen molar-refractivity contribution in [1.82, 2.24) is 0 Å². The summed E-state index contributed by atoms with van der Waals surface area (Å²) in [5, 5.41) is 11.2. The quantitative estimate of drug-likeness (QED) is 0.126. The van der Waals surface area contributed by atoms with Gasteiger partial charge in [0.05, 0.1) is 43.3 Å². The molecule has 0 spiro atoms. The van der Waals surface area contributed by atoms with Crippen LogP contribution in [0.5, 0.6) is 23.0 Å². The minimum Gasteiger partial charge on any atom is -0.504 e. The van der Waals surface area contributed by atoms with Crippen LogP contribution in [0.3, 0.4) is 0 Å². The topological polar surface area (TPSA) is 119 Å². The first-order chi connectivity index (χ1) is 23.7. The monoisotopic (exact) mass is 721 g/mol. The number of para-hydroxylation sites is 1. The van der Waals surface area contributed by atoms with Gasteiger partial charge in [-0.3, -0.25) is 24.1 Å². The Hall–Kier alpha value is -5.22. The Morgan fingerprint density at radius 3 is 2.33 bits per heavy atom. The smallest absolute Gasteiger partial charge is 0.238 e. The number of phenols is 1. The van der Waals surface area contributed by atoms with Gasteiger partial charge in [-0.15, -0.1) is 0 Å². The molecule has 3 aliphatic carbocycles. The molecule has 1 saturated heterocycles. The molecular weight excluding hydrogens is 690 g/mol. The second-order valence-electron chi connectivity index (χ2n) is 12.3. The van der Waals surface area contributed by atoms with Crippen LogP contribution < -0.4 is 19.1 Å². The summed E-state index contributed by atoms with van der Waals surface area (Å²) in [5.41, 5.74) is 3.84. The van der Waals surface area contributed by atoms with E-state index in [-0.39, 0.29) is 63.4 Å². The molecule has 49 heavy (non-hydrogen) atoms. The minimum atomic E-state index is -0.788. The van der Waals surface area contributed by atoms with E-state index in [1.807, 2.05) is 48.6 Å².